The zero-order chi connectivity index (χ0) is 25.2. The number of hydrogen-bond acceptors (Lipinski definition) is 6. The fourth-order valence-corrected chi connectivity index (χ4v) is 6.41. The van der Waals surface area contributed by atoms with Gasteiger partial charge < -0.3 is 14.8 Å². The monoisotopic (exact) mass is 521 g/mol. The Kier molecular flexibility index (Phi) is 7.29. The van der Waals surface area contributed by atoms with Gasteiger partial charge in [0.05, 0.1) is 5.92 Å². The third-order valence-corrected chi connectivity index (χ3v) is 8.52. The van der Waals surface area contributed by atoms with Crippen LogP contribution in [0.3, 0.4) is 0 Å². The SMILES string of the molecule is O=C(NCC1CCN(Cc2cccc(Cl)c2)CC1)C1CCCN(c2ncnc3c2nc2n3CCCC2)C1. The average Bonchev–Trinajstić information content (AvgIpc) is 3.31. The maximum absolute atomic E-state index is 13.2. The lowest BCUT2D eigenvalue weighted by molar-refractivity contribution is -0.125. The van der Waals surface area contributed by atoms with E-state index in [1.54, 1.807) is 6.33 Å². The molecular weight excluding hydrogens is 486 g/mol. The van der Waals surface area contributed by atoms with Gasteiger partial charge in [0.1, 0.15) is 12.2 Å². The number of carbonyl (C=O) groups is 1. The van der Waals surface area contributed by atoms with Crippen LogP contribution >= 0.6 is 11.6 Å². The molecule has 1 atom stereocenters. The highest BCUT2D eigenvalue weighted by atomic mass is 35.5. The molecule has 0 radical (unpaired) electrons. The van der Waals surface area contributed by atoms with Gasteiger partial charge in [-0.25, -0.2) is 15.0 Å². The minimum absolute atomic E-state index is 0.0149. The van der Waals surface area contributed by atoms with Crippen LogP contribution in [-0.2, 0) is 24.3 Å². The summed E-state index contributed by atoms with van der Waals surface area (Å²) in [7, 11) is 0. The van der Waals surface area contributed by atoms with Gasteiger partial charge in [-0.05, 0) is 75.2 Å². The molecule has 8 nitrogen and oxygen atoms in total. The van der Waals surface area contributed by atoms with Crippen LogP contribution in [0.5, 0.6) is 0 Å². The van der Waals surface area contributed by atoms with Gasteiger partial charge in [0.15, 0.2) is 17.0 Å². The van der Waals surface area contributed by atoms with Crippen molar-refractivity contribution >= 4 is 34.5 Å². The van der Waals surface area contributed by atoms with Gasteiger partial charge in [0.25, 0.3) is 0 Å². The predicted molar refractivity (Wildman–Crippen MR) is 146 cm³/mol. The number of likely N-dealkylation sites (tertiary alicyclic amines) is 1. The van der Waals surface area contributed by atoms with E-state index >= 15 is 0 Å². The Bertz CT molecular complexity index is 1250. The van der Waals surface area contributed by atoms with Gasteiger partial charge in [-0.15, -0.1) is 0 Å². The number of piperidine rings is 2. The Labute approximate surface area is 223 Å². The van der Waals surface area contributed by atoms with Crippen molar-refractivity contribution in [1.82, 2.24) is 29.7 Å². The van der Waals surface area contributed by atoms with Crippen molar-refractivity contribution in [2.24, 2.45) is 11.8 Å². The van der Waals surface area contributed by atoms with Gasteiger partial charge in [0, 0.05) is 44.2 Å². The number of aromatic nitrogens is 4. The summed E-state index contributed by atoms with van der Waals surface area (Å²) in [5.74, 6) is 2.71. The van der Waals surface area contributed by atoms with E-state index in [1.165, 1.54) is 18.4 Å². The van der Waals surface area contributed by atoms with E-state index in [1.807, 2.05) is 12.1 Å². The molecule has 2 aromatic heterocycles. The van der Waals surface area contributed by atoms with Crippen LogP contribution in [0.4, 0.5) is 5.82 Å². The molecule has 3 aliphatic heterocycles. The average molecular weight is 522 g/mol. The van der Waals surface area contributed by atoms with Crippen molar-refractivity contribution in [1.29, 1.82) is 0 Å². The number of amides is 1. The summed E-state index contributed by atoms with van der Waals surface area (Å²) in [6.45, 7) is 6.40. The third-order valence-electron chi connectivity index (χ3n) is 8.28. The minimum Gasteiger partial charge on any atom is -0.356 e. The third kappa shape index (κ3) is 5.46. The number of benzene rings is 1. The molecule has 3 aromatic rings. The smallest absolute Gasteiger partial charge is 0.224 e. The molecule has 5 heterocycles. The maximum Gasteiger partial charge on any atom is 0.224 e. The molecule has 37 heavy (non-hydrogen) atoms. The first-order chi connectivity index (χ1) is 18.1. The van der Waals surface area contributed by atoms with Gasteiger partial charge in [-0.1, -0.05) is 23.7 Å². The van der Waals surface area contributed by atoms with Crippen LogP contribution in [-0.4, -0.2) is 63.0 Å². The van der Waals surface area contributed by atoms with Crippen molar-refractivity contribution in [3.63, 3.8) is 0 Å². The number of carbonyl (C=O) groups excluding carboxylic acids is 1. The summed E-state index contributed by atoms with van der Waals surface area (Å²) in [4.78, 5) is 32.0. The zero-order valence-corrected chi connectivity index (χ0v) is 22.2. The van der Waals surface area contributed by atoms with Crippen molar-refractivity contribution in [3.8, 4) is 0 Å². The highest BCUT2D eigenvalue weighted by molar-refractivity contribution is 6.30. The van der Waals surface area contributed by atoms with E-state index in [-0.39, 0.29) is 11.8 Å². The number of nitrogens with zero attached hydrogens (tertiary/aromatic N) is 6. The first-order valence-corrected chi connectivity index (χ1v) is 14.2. The Morgan fingerprint density at radius 2 is 1.95 bits per heavy atom. The highest BCUT2D eigenvalue weighted by Crippen LogP contribution is 2.30. The van der Waals surface area contributed by atoms with Gasteiger partial charge in [0.2, 0.25) is 5.91 Å². The van der Waals surface area contributed by atoms with Gasteiger partial charge in [-0.3, -0.25) is 9.69 Å². The number of anilines is 1. The predicted octanol–water partition coefficient (Wildman–Crippen LogP) is 4.06. The number of aryl methyl sites for hydroxylation is 2. The molecule has 0 aliphatic carbocycles. The van der Waals surface area contributed by atoms with Crippen molar-refractivity contribution in [3.05, 3.63) is 47.0 Å². The van der Waals surface area contributed by atoms with E-state index in [0.29, 0.717) is 12.5 Å². The van der Waals surface area contributed by atoms with Crippen LogP contribution < -0.4 is 10.2 Å². The maximum atomic E-state index is 13.2. The molecule has 1 amide bonds. The lowest BCUT2D eigenvalue weighted by Gasteiger charge is -2.34. The number of fused-ring (bicyclic) bond motifs is 3. The standard InChI is InChI=1S/C28H36ClN7O/c29-23-7-3-5-21(15-23)17-34-13-9-20(10-14-34)16-30-28(37)22-6-4-11-35(18-22)26-25-27(32-19-31-26)36-12-2-1-8-24(36)33-25/h3,5,7,15,19-20,22H,1-2,4,6,8-14,16-18H2,(H,30,37). The highest BCUT2D eigenvalue weighted by Gasteiger charge is 2.30. The van der Waals surface area contributed by atoms with Gasteiger partial charge >= 0.3 is 0 Å². The summed E-state index contributed by atoms with van der Waals surface area (Å²) in [6, 6.07) is 8.13. The number of nitrogens with one attached hydrogen (secondary N) is 1. The number of imidazole rings is 1. The second-order valence-electron chi connectivity index (χ2n) is 10.9. The molecule has 1 aromatic carbocycles. The molecule has 2 saturated heterocycles. The molecule has 1 unspecified atom stereocenters. The first kappa shape index (κ1) is 24.6. The quantitative estimate of drug-likeness (QED) is 0.527. The fourth-order valence-electron chi connectivity index (χ4n) is 6.19. The number of hydrogen-bond donors (Lipinski definition) is 1. The lowest BCUT2D eigenvalue weighted by atomic mass is 9.94. The second-order valence-corrected chi connectivity index (χ2v) is 11.3. The summed E-state index contributed by atoms with van der Waals surface area (Å²) >= 11 is 6.14. The van der Waals surface area contributed by atoms with Crippen LogP contribution in [0.15, 0.2) is 30.6 Å². The summed E-state index contributed by atoms with van der Waals surface area (Å²) in [5.41, 5.74) is 3.09. The molecule has 9 heteroatoms. The second kappa shape index (κ2) is 11.0. The van der Waals surface area contributed by atoms with E-state index in [0.717, 1.165) is 99.2 Å². The molecule has 196 valence electrons. The largest absolute Gasteiger partial charge is 0.356 e. The summed E-state index contributed by atoms with van der Waals surface area (Å²) < 4.78 is 2.25. The minimum atomic E-state index is -0.0149. The van der Waals surface area contributed by atoms with Crippen LogP contribution in [0, 0.1) is 11.8 Å². The van der Waals surface area contributed by atoms with Crippen molar-refractivity contribution < 1.29 is 4.79 Å². The van der Waals surface area contributed by atoms with Crippen molar-refractivity contribution in [2.45, 2.75) is 58.0 Å². The number of rotatable bonds is 6. The summed E-state index contributed by atoms with van der Waals surface area (Å²) in [6.07, 6.45) is 9.14. The van der Waals surface area contributed by atoms with E-state index in [2.05, 4.69) is 41.8 Å². The molecule has 0 bridgehead atoms. The molecule has 6 rings (SSSR count). The normalized spacial score (nSPS) is 21.2. The fraction of sp³-hybridized carbons (Fsp3) is 0.571. The Hall–Kier alpha value is -2.71. The van der Waals surface area contributed by atoms with Gasteiger partial charge in [-0.2, -0.15) is 0 Å². The molecule has 1 N–H and O–H groups in total. The molecule has 0 saturated carbocycles. The van der Waals surface area contributed by atoms with E-state index in [4.69, 9.17) is 16.6 Å². The van der Waals surface area contributed by atoms with Crippen LogP contribution in [0.1, 0.15) is 49.9 Å². The van der Waals surface area contributed by atoms with Crippen LogP contribution in [0.2, 0.25) is 5.02 Å². The first-order valence-electron chi connectivity index (χ1n) is 13.8. The van der Waals surface area contributed by atoms with E-state index in [9.17, 15) is 4.79 Å². The molecule has 2 fully saturated rings. The topological polar surface area (TPSA) is 79.2 Å². The van der Waals surface area contributed by atoms with Crippen molar-refractivity contribution in [2.75, 3.05) is 37.6 Å². The van der Waals surface area contributed by atoms with Crippen LogP contribution in [0.25, 0.3) is 11.2 Å². The number of halogens is 1. The van der Waals surface area contributed by atoms with E-state index < -0.39 is 0 Å². The lowest BCUT2D eigenvalue weighted by Crippen LogP contribution is -2.45. The summed E-state index contributed by atoms with van der Waals surface area (Å²) in [5, 5.41) is 4.08. The molecular formula is C28H36ClN7O. The Balaban J connectivity index is 1.02. The molecule has 0 spiro atoms. The zero-order valence-electron chi connectivity index (χ0n) is 21.4. The molecule has 3 aliphatic rings. The Morgan fingerprint density at radius 1 is 1.05 bits per heavy atom. The Morgan fingerprint density at radius 3 is 2.81 bits per heavy atom.